The molecule has 0 fully saturated rings. The smallest absolute Gasteiger partial charge is 0.138 e. The number of aromatic nitrogens is 2. The molecule has 2 aromatic heterocycles. The Morgan fingerprint density at radius 3 is 2.85 bits per heavy atom. The summed E-state index contributed by atoms with van der Waals surface area (Å²) in [4.78, 5) is 7.53. The molecule has 0 radical (unpaired) electrons. The van der Waals surface area contributed by atoms with Gasteiger partial charge in [0.2, 0.25) is 0 Å². The number of aromatic amines is 1. The topological polar surface area (TPSA) is 28.7 Å². The van der Waals surface area contributed by atoms with Crippen molar-refractivity contribution in [1.29, 1.82) is 0 Å². The first-order valence-electron chi connectivity index (χ1n) is 4.42. The second-order valence-electron chi connectivity index (χ2n) is 2.93. The van der Waals surface area contributed by atoms with Crippen LogP contribution in [-0.4, -0.2) is 9.97 Å². The van der Waals surface area contributed by atoms with E-state index >= 15 is 0 Å². The number of hydrogen-bond acceptors (Lipinski definition) is 1. The molecule has 0 spiro atoms. The quantitative estimate of drug-likeness (QED) is 0.634. The Morgan fingerprint density at radius 2 is 2.15 bits per heavy atom. The number of hydrogen-bond donors (Lipinski definition) is 1. The predicted octanol–water partition coefficient (Wildman–Crippen LogP) is 1.16. The number of H-pyrrole nitrogens is 1. The van der Waals surface area contributed by atoms with Gasteiger partial charge in [0.25, 0.3) is 0 Å². The summed E-state index contributed by atoms with van der Waals surface area (Å²) in [6.45, 7) is 4.07. The lowest BCUT2D eigenvalue weighted by Crippen LogP contribution is -2.21. The van der Waals surface area contributed by atoms with Crippen LogP contribution in [0.2, 0.25) is 0 Å². The molecule has 0 bridgehead atoms. The van der Waals surface area contributed by atoms with Crippen molar-refractivity contribution in [3.8, 4) is 0 Å². The third-order valence-corrected chi connectivity index (χ3v) is 2.22. The zero-order chi connectivity index (χ0) is 9.26. The maximum absolute atomic E-state index is 4.26. The van der Waals surface area contributed by atoms with Crippen LogP contribution in [0, 0.1) is 0 Å². The number of nitrogens with one attached hydrogen (secondary N) is 1. The molecule has 13 heavy (non-hydrogen) atoms. The molecular formula is C11H12N2. The zero-order valence-electron chi connectivity index (χ0n) is 7.83. The lowest BCUT2D eigenvalue weighted by Gasteiger charge is -1.84. The molecule has 2 nitrogen and oxygen atoms in total. The molecular weight excluding hydrogens is 160 g/mol. The second kappa shape index (κ2) is 3.05. The average Bonchev–Trinajstić information content (AvgIpc) is 2.55. The van der Waals surface area contributed by atoms with Gasteiger partial charge in [0.05, 0.1) is 0 Å². The Hall–Kier alpha value is -1.57. The van der Waals surface area contributed by atoms with Crippen LogP contribution in [0.25, 0.3) is 23.2 Å². The average molecular weight is 172 g/mol. The second-order valence-corrected chi connectivity index (χ2v) is 2.93. The van der Waals surface area contributed by atoms with Crippen molar-refractivity contribution in [3.63, 3.8) is 0 Å². The third kappa shape index (κ3) is 1.15. The summed E-state index contributed by atoms with van der Waals surface area (Å²) in [5.74, 6) is 0. The summed E-state index contributed by atoms with van der Waals surface area (Å²) in [5.41, 5.74) is 0.962. The standard InChI is InChI=1S/C11H12N2/c1-3-8-9-6-5-7-12-11(9)13-10(8)4-2/h3-7H,1-2H3,(H,12,13). The molecule has 0 aromatic carbocycles. The molecule has 0 aliphatic carbocycles. The van der Waals surface area contributed by atoms with Gasteiger partial charge in [-0.2, -0.15) is 0 Å². The van der Waals surface area contributed by atoms with Crippen molar-refractivity contribution in [1.82, 2.24) is 9.97 Å². The molecule has 0 unspecified atom stereocenters. The molecule has 2 rings (SSSR count). The molecule has 0 aliphatic rings. The normalized spacial score (nSPS) is 14.3. The highest BCUT2D eigenvalue weighted by atomic mass is 14.8. The molecule has 2 aromatic rings. The van der Waals surface area contributed by atoms with Crippen LogP contribution in [0.3, 0.4) is 0 Å². The van der Waals surface area contributed by atoms with Crippen LogP contribution in [0.15, 0.2) is 18.3 Å². The van der Waals surface area contributed by atoms with E-state index in [4.69, 9.17) is 0 Å². The molecule has 0 amide bonds. The van der Waals surface area contributed by atoms with E-state index in [2.05, 4.69) is 28.2 Å². The lowest BCUT2D eigenvalue weighted by atomic mass is 10.2. The fourth-order valence-electron chi connectivity index (χ4n) is 1.60. The van der Waals surface area contributed by atoms with Crippen LogP contribution >= 0.6 is 0 Å². The van der Waals surface area contributed by atoms with Gasteiger partial charge in [-0.3, -0.25) is 0 Å². The Labute approximate surface area is 76.6 Å². The third-order valence-electron chi connectivity index (χ3n) is 2.22. The van der Waals surface area contributed by atoms with Gasteiger partial charge in [0.15, 0.2) is 0 Å². The lowest BCUT2D eigenvalue weighted by molar-refractivity contribution is 1.28. The number of rotatable bonds is 0. The maximum Gasteiger partial charge on any atom is 0.138 e. The van der Waals surface area contributed by atoms with Crippen molar-refractivity contribution in [2.45, 2.75) is 13.8 Å². The largest absolute Gasteiger partial charge is 0.339 e. The van der Waals surface area contributed by atoms with E-state index in [0.717, 1.165) is 11.0 Å². The Kier molecular flexibility index (Phi) is 1.89. The van der Waals surface area contributed by atoms with Crippen molar-refractivity contribution in [2.75, 3.05) is 0 Å². The van der Waals surface area contributed by atoms with Crippen molar-refractivity contribution >= 4 is 23.2 Å². The van der Waals surface area contributed by atoms with Crippen LogP contribution in [0.5, 0.6) is 0 Å². The minimum Gasteiger partial charge on any atom is -0.339 e. The SMILES string of the molecule is CC=c1[nH]c2ncccc2c1=CC. The molecule has 0 saturated carbocycles. The van der Waals surface area contributed by atoms with Gasteiger partial charge >= 0.3 is 0 Å². The fourth-order valence-corrected chi connectivity index (χ4v) is 1.60. The molecule has 0 saturated heterocycles. The Balaban J connectivity index is 3.08. The van der Waals surface area contributed by atoms with E-state index in [1.807, 2.05) is 19.9 Å². The van der Waals surface area contributed by atoms with Gasteiger partial charge in [0, 0.05) is 22.2 Å². The number of nitrogens with zero attached hydrogens (tertiary/aromatic N) is 1. The van der Waals surface area contributed by atoms with Crippen LogP contribution in [0.4, 0.5) is 0 Å². The molecule has 2 heteroatoms. The highest BCUT2D eigenvalue weighted by Gasteiger charge is 1.97. The van der Waals surface area contributed by atoms with Crippen molar-refractivity contribution in [3.05, 3.63) is 28.9 Å². The summed E-state index contributed by atoms with van der Waals surface area (Å²) < 4.78 is 0. The van der Waals surface area contributed by atoms with Crippen molar-refractivity contribution < 1.29 is 0 Å². The minimum atomic E-state index is 0.962. The van der Waals surface area contributed by atoms with E-state index in [1.54, 1.807) is 6.20 Å². The summed E-state index contributed by atoms with van der Waals surface area (Å²) in [6, 6.07) is 4.05. The van der Waals surface area contributed by atoms with Crippen molar-refractivity contribution in [2.24, 2.45) is 0 Å². The summed E-state index contributed by atoms with van der Waals surface area (Å²) in [6.07, 6.45) is 5.98. The molecule has 0 aliphatic heterocycles. The van der Waals surface area contributed by atoms with Gasteiger partial charge in [0.1, 0.15) is 5.65 Å². The van der Waals surface area contributed by atoms with E-state index < -0.39 is 0 Å². The first-order chi connectivity index (χ1) is 6.36. The van der Waals surface area contributed by atoms with Gasteiger partial charge in [-0.1, -0.05) is 12.2 Å². The highest BCUT2D eigenvalue weighted by molar-refractivity contribution is 5.77. The van der Waals surface area contributed by atoms with Gasteiger partial charge in [-0.05, 0) is 26.0 Å². The van der Waals surface area contributed by atoms with Gasteiger partial charge in [-0.15, -0.1) is 0 Å². The zero-order valence-corrected chi connectivity index (χ0v) is 7.83. The summed E-state index contributed by atoms with van der Waals surface area (Å²) in [5, 5.41) is 3.58. The first kappa shape index (κ1) is 8.05. The molecule has 2 heterocycles. The Morgan fingerprint density at radius 1 is 1.31 bits per heavy atom. The van der Waals surface area contributed by atoms with Crippen LogP contribution in [0.1, 0.15) is 13.8 Å². The van der Waals surface area contributed by atoms with E-state index in [9.17, 15) is 0 Å². The molecule has 1 N–H and O–H groups in total. The molecule has 66 valence electrons. The summed E-state index contributed by atoms with van der Waals surface area (Å²) in [7, 11) is 0. The van der Waals surface area contributed by atoms with Crippen LogP contribution in [-0.2, 0) is 0 Å². The highest BCUT2D eigenvalue weighted by Crippen LogP contribution is 1.98. The van der Waals surface area contributed by atoms with E-state index in [0.29, 0.717) is 0 Å². The maximum atomic E-state index is 4.26. The van der Waals surface area contributed by atoms with Gasteiger partial charge < -0.3 is 4.98 Å². The number of pyridine rings is 1. The van der Waals surface area contributed by atoms with E-state index in [-0.39, 0.29) is 0 Å². The van der Waals surface area contributed by atoms with E-state index in [1.165, 1.54) is 10.6 Å². The first-order valence-corrected chi connectivity index (χ1v) is 4.42. The minimum absolute atomic E-state index is 0.962. The van der Waals surface area contributed by atoms with Gasteiger partial charge in [-0.25, -0.2) is 4.98 Å². The Bertz CT molecular complexity index is 535. The molecule has 0 atom stereocenters. The number of fused-ring (bicyclic) bond motifs is 1. The predicted molar refractivity (Wildman–Crippen MR) is 55.6 cm³/mol. The summed E-state index contributed by atoms with van der Waals surface area (Å²) >= 11 is 0. The fraction of sp³-hybridized carbons (Fsp3) is 0.182. The monoisotopic (exact) mass is 172 g/mol. The van der Waals surface area contributed by atoms with Crippen LogP contribution < -0.4 is 10.6 Å².